The van der Waals surface area contributed by atoms with E-state index < -0.39 is 12.1 Å². The number of amides is 1. The van der Waals surface area contributed by atoms with Crippen LogP contribution in [0.25, 0.3) is 0 Å². The fourth-order valence-electron chi connectivity index (χ4n) is 4.64. The second-order valence-corrected chi connectivity index (χ2v) is 11.2. The van der Waals surface area contributed by atoms with Crippen LogP contribution in [-0.2, 0) is 4.79 Å². The summed E-state index contributed by atoms with van der Waals surface area (Å²) in [5.74, 6) is -0.0925. The van der Waals surface area contributed by atoms with Gasteiger partial charge in [0.25, 0.3) is 0 Å². The minimum atomic E-state index is -0.849. The molecule has 1 amide bonds. The van der Waals surface area contributed by atoms with E-state index in [0.717, 1.165) is 70.6 Å². The normalized spacial score (nSPS) is 14.0. The van der Waals surface area contributed by atoms with Gasteiger partial charge in [0.2, 0.25) is 5.91 Å². The van der Waals surface area contributed by atoms with Crippen LogP contribution < -0.4 is 5.32 Å². The van der Waals surface area contributed by atoms with Crippen molar-refractivity contribution in [2.75, 3.05) is 6.61 Å². The highest BCUT2D eigenvalue weighted by atomic mass is 16.3. The lowest BCUT2D eigenvalue weighted by atomic mass is 10.1. The molecule has 0 aliphatic heterocycles. The van der Waals surface area contributed by atoms with Crippen LogP contribution >= 0.6 is 0 Å². The van der Waals surface area contributed by atoms with E-state index >= 15 is 0 Å². The zero-order valence-corrected chi connectivity index (χ0v) is 26.8. The van der Waals surface area contributed by atoms with E-state index in [2.05, 4.69) is 67.8 Å². The molecule has 0 rings (SSSR count). The van der Waals surface area contributed by atoms with Gasteiger partial charge < -0.3 is 15.5 Å². The molecule has 0 heterocycles. The lowest BCUT2D eigenvalue weighted by molar-refractivity contribution is -0.123. The van der Waals surface area contributed by atoms with Crippen molar-refractivity contribution in [1.82, 2.24) is 5.32 Å². The standard InChI is InChI=1S/C37H65NO3/c1-3-5-7-9-11-13-15-17-18-19-20-21-23-25-27-29-31-33-37(41)38-35(34-39)36(40)32-30-28-26-24-22-16-14-12-10-8-6-4-2/h5,7,11,13,17-18,20-21,30,32,35-36,39-40H,3-4,6,8-10,12,14-16,19,22-29,31,33-34H2,1-2H3,(H,38,41)/b7-5-,13-11-,18-17-,21-20-,32-30+. The number of rotatable bonds is 29. The molecule has 0 aliphatic rings. The third-order valence-corrected chi connectivity index (χ3v) is 7.26. The highest BCUT2D eigenvalue weighted by Gasteiger charge is 2.17. The molecule has 0 aliphatic carbocycles. The molecule has 3 N–H and O–H groups in total. The maximum atomic E-state index is 12.3. The van der Waals surface area contributed by atoms with E-state index in [1.54, 1.807) is 6.08 Å². The van der Waals surface area contributed by atoms with E-state index in [0.29, 0.717) is 6.42 Å². The van der Waals surface area contributed by atoms with Crippen molar-refractivity contribution in [3.05, 3.63) is 60.8 Å². The average molecular weight is 572 g/mol. The van der Waals surface area contributed by atoms with Gasteiger partial charge in [0, 0.05) is 6.42 Å². The van der Waals surface area contributed by atoms with E-state index in [1.807, 2.05) is 6.08 Å². The summed E-state index contributed by atoms with van der Waals surface area (Å²) in [7, 11) is 0. The zero-order valence-electron chi connectivity index (χ0n) is 26.8. The Balaban J connectivity index is 3.74. The number of aliphatic hydroxyl groups excluding tert-OH is 2. The topological polar surface area (TPSA) is 69.6 Å². The number of carbonyl (C=O) groups excluding carboxylic acids is 1. The molecule has 0 aromatic heterocycles. The second kappa shape index (κ2) is 32.6. The van der Waals surface area contributed by atoms with Gasteiger partial charge in [-0.2, -0.15) is 0 Å². The van der Waals surface area contributed by atoms with Gasteiger partial charge in [0.1, 0.15) is 0 Å². The van der Waals surface area contributed by atoms with Crippen molar-refractivity contribution in [3.8, 4) is 0 Å². The minimum absolute atomic E-state index is 0.0925. The van der Waals surface area contributed by atoms with Gasteiger partial charge in [-0.25, -0.2) is 0 Å². The van der Waals surface area contributed by atoms with Gasteiger partial charge in [-0.1, -0.05) is 145 Å². The molecule has 0 aromatic carbocycles. The molecule has 0 radical (unpaired) electrons. The third-order valence-electron chi connectivity index (χ3n) is 7.26. The lowest BCUT2D eigenvalue weighted by Gasteiger charge is -2.20. The third kappa shape index (κ3) is 29.4. The van der Waals surface area contributed by atoms with Crippen LogP contribution in [0.1, 0.15) is 149 Å². The number of hydrogen-bond acceptors (Lipinski definition) is 3. The molecule has 0 spiro atoms. The predicted octanol–water partition coefficient (Wildman–Crippen LogP) is 9.84. The summed E-state index contributed by atoms with van der Waals surface area (Å²) in [5.41, 5.74) is 0. The Morgan fingerprint density at radius 1 is 0.610 bits per heavy atom. The summed E-state index contributed by atoms with van der Waals surface area (Å²) in [6, 6.07) is -0.635. The predicted molar refractivity (Wildman–Crippen MR) is 179 cm³/mol. The number of aliphatic hydroxyl groups is 2. The van der Waals surface area contributed by atoms with E-state index in [4.69, 9.17) is 0 Å². The fourth-order valence-corrected chi connectivity index (χ4v) is 4.64. The van der Waals surface area contributed by atoms with Crippen LogP contribution in [0, 0.1) is 0 Å². The molecule has 0 bridgehead atoms. The Morgan fingerprint density at radius 2 is 1.07 bits per heavy atom. The summed E-state index contributed by atoms with van der Waals surface area (Å²) in [5, 5.41) is 22.8. The number of allylic oxidation sites excluding steroid dienone is 9. The summed E-state index contributed by atoms with van der Waals surface area (Å²) >= 11 is 0. The minimum Gasteiger partial charge on any atom is -0.394 e. The van der Waals surface area contributed by atoms with Crippen LogP contribution in [0.15, 0.2) is 60.8 Å². The van der Waals surface area contributed by atoms with Crippen molar-refractivity contribution in [3.63, 3.8) is 0 Å². The average Bonchev–Trinajstić information content (AvgIpc) is 2.97. The Morgan fingerprint density at radius 3 is 1.61 bits per heavy atom. The molecule has 0 fully saturated rings. The number of hydrogen-bond donors (Lipinski definition) is 3. The molecule has 0 aromatic rings. The number of carbonyl (C=O) groups is 1. The summed E-state index contributed by atoms with van der Waals surface area (Å²) in [6.45, 7) is 4.15. The molecule has 41 heavy (non-hydrogen) atoms. The summed E-state index contributed by atoms with van der Waals surface area (Å²) in [6.07, 6.45) is 44.3. The van der Waals surface area contributed by atoms with Crippen LogP contribution in [0.4, 0.5) is 0 Å². The van der Waals surface area contributed by atoms with Crippen LogP contribution in [-0.4, -0.2) is 34.9 Å². The van der Waals surface area contributed by atoms with E-state index in [1.165, 1.54) is 57.8 Å². The first-order chi connectivity index (χ1) is 20.2. The Hall–Kier alpha value is -1.91. The summed E-state index contributed by atoms with van der Waals surface area (Å²) < 4.78 is 0. The van der Waals surface area contributed by atoms with Gasteiger partial charge >= 0.3 is 0 Å². The zero-order chi connectivity index (χ0) is 30.1. The second-order valence-electron chi connectivity index (χ2n) is 11.2. The van der Waals surface area contributed by atoms with Gasteiger partial charge in [-0.15, -0.1) is 0 Å². The van der Waals surface area contributed by atoms with E-state index in [-0.39, 0.29) is 12.5 Å². The maximum Gasteiger partial charge on any atom is 0.220 e. The van der Waals surface area contributed by atoms with Crippen LogP contribution in [0.2, 0.25) is 0 Å². The first kappa shape index (κ1) is 39.1. The van der Waals surface area contributed by atoms with Crippen molar-refractivity contribution in [2.24, 2.45) is 0 Å². The first-order valence-corrected chi connectivity index (χ1v) is 17.0. The number of nitrogens with one attached hydrogen (secondary N) is 1. The SMILES string of the molecule is CC/C=C\C/C=C\C/C=C\C/C=C\CCCCCCC(=O)NC(CO)C(O)/C=C/CCCCCCCCCCCC. The molecule has 4 nitrogen and oxygen atoms in total. The molecule has 2 unspecified atom stereocenters. The Bertz CT molecular complexity index is 707. The first-order valence-electron chi connectivity index (χ1n) is 17.0. The fraction of sp³-hybridized carbons (Fsp3) is 0.703. The molecular formula is C37H65NO3. The van der Waals surface area contributed by atoms with Crippen LogP contribution in [0.5, 0.6) is 0 Å². The van der Waals surface area contributed by atoms with Crippen molar-refractivity contribution >= 4 is 5.91 Å². The van der Waals surface area contributed by atoms with Gasteiger partial charge in [0.05, 0.1) is 18.8 Å². The van der Waals surface area contributed by atoms with Crippen LogP contribution in [0.3, 0.4) is 0 Å². The Kier molecular flexibility index (Phi) is 31.1. The van der Waals surface area contributed by atoms with Gasteiger partial charge in [-0.3, -0.25) is 4.79 Å². The largest absolute Gasteiger partial charge is 0.394 e. The number of unbranched alkanes of at least 4 members (excludes halogenated alkanes) is 14. The molecule has 2 atom stereocenters. The Labute approximate surface area is 254 Å². The monoisotopic (exact) mass is 571 g/mol. The quantitative estimate of drug-likeness (QED) is 0.0618. The van der Waals surface area contributed by atoms with Gasteiger partial charge in [-0.05, 0) is 57.8 Å². The molecule has 0 saturated carbocycles. The summed E-state index contributed by atoms with van der Waals surface area (Å²) in [4.78, 5) is 12.3. The smallest absolute Gasteiger partial charge is 0.220 e. The molecule has 0 saturated heterocycles. The van der Waals surface area contributed by atoms with E-state index in [9.17, 15) is 15.0 Å². The highest BCUT2D eigenvalue weighted by molar-refractivity contribution is 5.76. The maximum absolute atomic E-state index is 12.3. The highest BCUT2D eigenvalue weighted by Crippen LogP contribution is 2.12. The molecule has 236 valence electrons. The lowest BCUT2D eigenvalue weighted by Crippen LogP contribution is -2.45. The van der Waals surface area contributed by atoms with Crippen molar-refractivity contribution in [2.45, 2.75) is 161 Å². The van der Waals surface area contributed by atoms with Gasteiger partial charge in [0.15, 0.2) is 0 Å². The molecule has 4 heteroatoms. The van der Waals surface area contributed by atoms with Crippen molar-refractivity contribution < 1.29 is 15.0 Å². The van der Waals surface area contributed by atoms with Crippen molar-refractivity contribution in [1.29, 1.82) is 0 Å². The molecular weight excluding hydrogens is 506 g/mol.